The Balaban J connectivity index is 2.62. The minimum atomic E-state index is 0.376. The van der Waals surface area contributed by atoms with Crippen LogP contribution in [-0.4, -0.2) is 18.1 Å². The van der Waals surface area contributed by atoms with Crippen molar-refractivity contribution in [2.24, 2.45) is 5.73 Å². The first kappa shape index (κ1) is 8.30. The van der Waals surface area contributed by atoms with Crippen LogP contribution in [0.25, 0.3) is 0 Å². The Morgan fingerprint density at radius 2 is 2.45 bits per heavy atom. The highest BCUT2D eigenvalue weighted by Crippen LogP contribution is 2.19. The molecular formula is C7H9ClN2O. The van der Waals surface area contributed by atoms with Crippen LogP contribution in [0.2, 0.25) is 5.15 Å². The molecule has 11 heavy (non-hydrogen) atoms. The summed E-state index contributed by atoms with van der Waals surface area (Å²) in [4.78, 5) is 3.83. The van der Waals surface area contributed by atoms with E-state index in [1.807, 2.05) is 0 Å². The third-order valence-electron chi connectivity index (χ3n) is 1.10. The lowest BCUT2D eigenvalue weighted by Crippen LogP contribution is -2.10. The molecule has 0 saturated heterocycles. The molecular weight excluding hydrogens is 164 g/mol. The lowest BCUT2D eigenvalue weighted by Gasteiger charge is -2.03. The van der Waals surface area contributed by atoms with E-state index in [9.17, 15) is 0 Å². The summed E-state index contributed by atoms with van der Waals surface area (Å²) in [7, 11) is 0. The molecule has 0 aliphatic heterocycles. The van der Waals surface area contributed by atoms with Gasteiger partial charge in [0, 0.05) is 12.7 Å². The van der Waals surface area contributed by atoms with Crippen molar-refractivity contribution in [3.05, 3.63) is 23.5 Å². The number of rotatable bonds is 3. The Bertz CT molecular complexity index is 229. The SMILES string of the molecule is NCCOc1cccnc1Cl. The highest BCUT2D eigenvalue weighted by molar-refractivity contribution is 6.30. The molecule has 60 valence electrons. The molecule has 0 radical (unpaired) electrons. The fraction of sp³-hybridized carbons (Fsp3) is 0.286. The van der Waals surface area contributed by atoms with Crippen LogP contribution in [0.15, 0.2) is 18.3 Å². The van der Waals surface area contributed by atoms with Crippen LogP contribution < -0.4 is 10.5 Å². The quantitative estimate of drug-likeness (QED) is 0.694. The molecule has 0 aromatic carbocycles. The molecule has 4 heteroatoms. The normalized spacial score (nSPS) is 9.64. The van der Waals surface area contributed by atoms with Crippen molar-refractivity contribution in [2.75, 3.05) is 13.2 Å². The Kier molecular flexibility index (Phi) is 3.14. The lowest BCUT2D eigenvalue weighted by atomic mass is 10.5. The van der Waals surface area contributed by atoms with Gasteiger partial charge in [-0.15, -0.1) is 0 Å². The molecule has 1 aromatic rings. The Hall–Kier alpha value is -0.800. The van der Waals surface area contributed by atoms with E-state index in [-0.39, 0.29) is 0 Å². The van der Waals surface area contributed by atoms with Crippen molar-refractivity contribution in [1.29, 1.82) is 0 Å². The molecule has 0 atom stereocenters. The summed E-state index contributed by atoms with van der Waals surface area (Å²) in [6.45, 7) is 0.941. The van der Waals surface area contributed by atoms with Crippen LogP contribution in [0.3, 0.4) is 0 Å². The Morgan fingerprint density at radius 1 is 1.64 bits per heavy atom. The van der Waals surface area contributed by atoms with E-state index in [0.717, 1.165) is 0 Å². The van der Waals surface area contributed by atoms with Gasteiger partial charge in [0.1, 0.15) is 6.61 Å². The summed E-state index contributed by atoms with van der Waals surface area (Å²) in [6, 6.07) is 3.52. The summed E-state index contributed by atoms with van der Waals surface area (Å²) in [6.07, 6.45) is 1.61. The summed E-state index contributed by atoms with van der Waals surface area (Å²) < 4.78 is 5.17. The zero-order valence-electron chi connectivity index (χ0n) is 5.96. The van der Waals surface area contributed by atoms with Crippen LogP contribution in [0.1, 0.15) is 0 Å². The van der Waals surface area contributed by atoms with E-state index in [1.165, 1.54) is 0 Å². The maximum atomic E-state index is 5.68. The monoisotopic (exact) mass is 172 g/mol. The van der Waals surface area contributed by atoms with Gasteiger partial charge in [0.15, 0.2) is 10.9 Å². The van der Waals surface area contributed by atoms with Crippen LogP contribution in [0, 0.1) is 0 Å². The first-order chi connectivity index (χ1) is 5.34. The van der Waals surface area contributed by atoms with E-state index in [4.69, 9.17) is 22.1 Å². The third-order valence-corrected chi connectivity index (χ3v) is 1.38. The van der Waals surface area contributed by atoms with Gasteiger partial charge < -0.3 is 10.5 Å². The van der Waals surface area contributed by atoms with Gasteiger partial charge in [0.05, 0.1) is 0 Å². The van der Waals surface area contributed by atoms with Gasteiger partial charge in [0.2, 0.25) is 0 Å². The minimum Gasteiger partial charge on any atom is -0.489 e. The molecule has 0 fully saturated rings. The number of hydrogen-bond donors (Lipinski definition) is 1. The van der Waals surface area contributed by atoms with Gasteiger partial charge in [-0.1, -0.05) is 11.6 Å². The molecule has 0 aliphatic carbocycles. The Morgan fingerprint density at radius 3 is 3.09 bits per heavy atom. The van der Waals surface area contributed by atoms with Gasteiger partial charge in [-0.05, 0) is 12.1 Å². The molecule has 1 rings (SSSR count). The molecule has 0 spiro atoms. The molecule has 1 aromatic heterocycles. The number of aromatic nitrogens is 1. The van der Waals surface area contributed by atoms with Crippen LogP contribution in [0.4, 0.5) is 0 Å². The molecule has 0 saturated carbocycles. The molecule has 3 nitrogen and oxygen atoms in total. The average molecular weight is 173 g/mol. The van der Waals surface area contributed by atoms with Crippen molar-refractivity contribution >= 4 is 11.6 Å². The first-order valence-electron chi connectivity index (χ1n) is 3.28. The van der Waals surface area contributed by atoms with Gasteiger partial charge in [-0.2, -0.15) is 0 Å². The number of ether oxygens (including phenoxy) is 1. The van der Waals surface area contributed by atoms with E-state index in [0.29, 0.717) is 24.1 Å². The van der Waals surface area contributed by atoms with Crippen molar-refractivity contribution in [3.63, 3.8) is 0 Å². The van der Waals surface area contributed by atoms with Crippen molar-refractivity contribution in [3.8, 4) is 5.75 Å². The van der Waals surface area contributed by atoms with E-state index in [1.54, 1.807) is 18.3 Å². The van der Waals surface area contributed by atoms with Crippen LogP contribution in [-0.2, 0) is 0 Å². The van der Waals surface area contributed by atoms with Gasteiger partial charge in [-0.25, -0.2) is 4.98 Å². The third kappa shape index (κ3) is 2.37. The molecule has 0 bridgehead atoms. The summed E-state index contributed by atoms with van der Waals surface area (Å²) >= 11 is 5.68. The molecule has 2 N–H and O–H groups in total. The predicted molar refractivity (Wildman–Crippen MR) is 43.8 cm³/mol. The van der Waals surface area contributed by atoms with Gasteiger partial charge in [0.25, 0.3) is 0 Å². The number of nitrogens with zero attached hydrogens (tertiary/aromatic N) is 1. The average Bonchev–Trinajstić information content (AvgIpc) is 2.03. The van der Waals surface area contributed by atoms with Crippen LogP contribution in [0.5, 0.6) is 5.75 Å². The maximum Gasteiger partial charge on any atom is 0.171 e. The minimum absolute atomic E-state index is 0.376. The van der Waals surface area contributed by atoms with Gasteiger partial charge in [-0.3, -0.25) is 0 Å². The number of hydrogen-bond acceptors (Lipinski definition) is 3. The fourth-order valence-electron chi connectivity index (χ4n) is 0.648. The largest absolute Gasteiger partial charge is 0.489 e. The highest BCUT2D eigenvalue weighted by Gasteiger charge is 1.98. The second kappa shape index (κ2) is 4.16. The van der Waals surface area contributed by atoms with E-state index < -0.39 is 0 Å². The second-order valence-corrected chi connectivity index (χ2v) is 2.29. The topological polar surface area (TPSA) is 48.1 Å². The molecule has 0 unspecified atom stereocenters. The first-order valence-corrected chi connectivity index (χ1v) is 3.66. The molecule has 0 aliphatic rings. The summed E-state index contributed by atoms with van der Waals surface area (Å²) in [5.41, 5.74) is 5.24. The number of halogens is 1. The number of pyridine rings is 1. The molecule has 0 amide bonds. The van der Waals surface area contributed by atoms with Crippen molar-refractivity contribution in [1.82, 2.24) is 4.98 Å². The zero-order chi connectivity index (χ0) is 8.10. The van der Waals surface area contributed by atoms with Gasteiger partial charge >= 0.3 is 0 Å². The van der Waals surface area contributed by atoms with Crippen LogP contribution >= 0.6 is 11.6 Å². The predicted octanol–water partition coefficient (Wildman–Crippen LogP) is 1.07. The van der Waals surface area contributed by atoms with E-state index >= 15 is 0 Å². The standard InChI is InChI=1S/C7H9ClN2O/c8-7-6(11-5-3-9)2-1-4-10-7/h1-2,4H,3,5,9H2. The highest BCUT2D eigenvalue weighted by atomic mass is 35.5. The number of nitrogens with two attached hydrogens (primary N) is 1. The smallest absolute Gasteiger partial charge is 0.171 e. The van der Waals surface area contributed by atoms with E-state index in [2.05, 4.69) is 4.98 Å². The maximum absolute atomic E-state index is 5.68. The Labute approximate surface area is 70.1 Å². The second-order valence-electron chi connectivity index (χ2n) is 1.93. The summed E-state index contributed by atoms with van der Waals surface area (Å²) in [5.74, 6) is 0.583. The zero-order valence-corrected chi connectivity index (χ0v) is 6.71. The van der Waals surface area contributed by atoms with Crippen molar-refractivity contribution < 1.29 is 4.74 Å². The lowest BCUT2D eigenvalue weighted by molar-refractivity contribution is 0.327. The molecule has 1 heterocycles. The summed E-state index contributed by atoms with van der Waals surface area (Å²) in [5, 5.41) is 0.376. The fourth-order valence-corrected chi connectivity index (χ4v) is 0.822. The van der Waals surface area contributed by atoms with Crippen molar-refractivity contribution in [2.45, 2.75) is 0 Å².